The standard InChI is InChI=1S/C11H23ClO3/c1-11(3-5-12)4-6-14-9-10-15-8-7-13-2/h11H,3-10H2,1-2H3. The second-order valence-electron chi connectivity index (χ2n) is 3.59. The lowest BCUT2D eigenvalue weighted by molar-refractivity contribution is 0.0221. The van der Waals surface area contributed by atoms with Crippen molar-refractivity contribution in [2.24, 2.45) is 5.92 Å². The first-order valence-corrected chi connectivity index (χ1v) is 6.05. The molecule has 0 fully saturated rings. The van der Waals surface area contributed by atoms with Crippen molar-refractivity contribution in [1.29, 1.82) is 0 Å². The minimum absolute atomic E-state index is 0.641. The Labute approximate surface area is 98.0 Å². The molecule has 0 N–H and O–H groups in total. The molecule has 15 heavy (non-hydrogen) atoms. The molecule has 0 spiro atoms. The number of ether oxygens (including phenoxy) is 3. The SMILES string of the molecule is COCCOCCOCCC(C)CCCl. The topological polar surface area (TPSA) is 27.7 Å². The summed E-state index contributed by atoms with van der Waals surface area (Å²) in [6.45, 7) is 5.59. The van der Waals surface area contributed by atoms with E-state index in [1.807, 2.05) is 0 Å². The fraction of sp³-hybridized carbons (Fsp3) is 1.00. The van der Waals surface area contributed by atoms with Crippen LogP contribution in [0.3, 0.4) is 0 Å². The Kier molecular flexibility index (Phi) is 12.4. The van der Waals surface area contributed by atoms with E-state index in [0.29, 0.717) is 32.3 Å². The predicted molar refractivity (Wildman–Crippen MR) is 62.6 cm³/mol. The summed E-state index contributed by atoms with van der Waals surface area (Å²) in [5.41, 5.74) is 0. The molecule has 0 radical (unpaired) electrons. The minimum atomic E-state index is 0.641. The smallest absolute Gasteiger partial charge is 0.0701 e. The Morgan fingerprint density at radius 2 is 1.53 bits per heavy atom. The number of hydrogen-bond donors (Lipinski definition) is 0. The first-order valence-electron chi connectivity index (χ1n) is 5.51. The van der Waals surface area contributed by atoms with Crippen LogP contribution in [-0.2, 0) is 14.2 Å². The Morgan fingerprint density at radius 3 is 2.13 bits per heavy atom. The van der Waals surface area contributed by atoms with Crippen molar-refractivity contribution in [3.05, 3.63) is 0 Å². The predicted octanol–water partition coefficient (Wildman–Crippen LogP) is 2.32. The molecule has 0 aliphatic carbocycles. The zero-order valence-corrected chi connectivity index (χ0v) is 10.6. The van der Waals surface area contributed by atoms with Gasteiger partial charge in [0.1, 0.15) is 0 Å². The maximum atomic E-state index is 5.63. The van der Waals surface area contributed by atoms with Crippen LogP contribution in [0.1, 0.15) is 19.8 Å². The van der Waals surface area contributed by atoms with Crippen LogP contribution in [0.5, 0.6) is 0 Å². The molecular formula is C11H23ClO3. The Hall–Kier alpha value is 0.170. The van der Waals surface area contributed by atoms with Crippen molar-refractivity contribution < 1.29 is 14.2 Å². The maximum absolute atomic E-state index is 5.63. The molecule has 0 bridgehead atoms. The highest BCUT2D eigenvalue weighted by atomic mass is 35.5. The first-order chi connectivity index (χ1) is 7.31. The first kappa shape index (κ1) is 15.2. The van der Waals surface area contributed by atoms with Crippen molar-refractivity contribution >= 4 is 11.6 Å². The Morgan fingerprint density at radius 1 is 0.933 bits per heavy atom. The second-order valence-corrected chi connectivity index (χ2v) is 3.97. The molecular weight excluding hydrogens is 216 g/mol. The molecule has 0 amide bonds. The average molecular weight is 239 g/mol. The fourth-order valence-corrected chi connectivity index (χ4v) is 1.45. The van der Waals surface area contributed by atoms with Gasteiger partial charge in [0.15, 0.2) is 0 Å². The fourth-order valence-electron chi connectivity index (χ4n) is 1.08. The van der Waals surface area contributed by atoms with Gasteiger partial charge in [0.25, 0.3) is 0 Å². The van der Waals surface area contributed by atoms with Gasteiger partial charge in [-0.15, -0.1) is 11.6 Å². The third-order valence-corrected chi connectivity index (χ3v) is 2.38. The molecule has 0 aromatic heterocycles. The lowest BCUT2D eigenvalue weighted by Gasteiger charge is -2.09. The van der Waals surface area contributed by atoms with Crippen LogP contribution in [0.25, 0.3) is 0 Å². The molecule has 92 valence electrons. The normalized spacial score (nSPS) is 13.0. The third kappa shape index (κ3) is 12.1. The van der Waals surface area contributed by atoms with Crippen molar-refractivity contribution in [2.75, 3.05) is 46.0 Å². The molecule has 3 nitrogen and oxygen atoms in total. The van der Waals surface area contributed by atoms with Gasteiger partial charge < -0.3 is 14.2 Å². The summed E-state index contributed by atoms with van der Waals surface area (Å²) in [5.74, 6) is 1.39. The van der Waals surface area contributed by atoms with Gasteiger partial charge in [-0.05, 0) is 18.8 Å². The summed E-state index contributed by atoms with van der Waals surface area (Å²) in [7, 11) is 1.66. The minimum Gasteiger partial charge on any atom is -0.382 e. The number of rotatable bonds is 11. The highest BCUT2D eigenvalue weighted by Crippen LogP contribution is 2.07. The van der Waals surface area contributed by atoms with Gasteiger partial charge in [0.2, 0.25) is 0 Å². The van der Waals surface area contributed by atoms with Crippen LogP contribution in [0.15, 0.2) is 0 Å². The summed E-state index contributed by atoms with van der Waals surface area (Å²) in [6.07, 6.45) is 2.14. The van der Waals surface area contributed by atoms with E-state index in [-0.39, 0.29) is 0 Å². The third-order valence-electron chi connectivity index (χ3n) is 2.16. The summed E-state index contributed by atoms with van der Waals surface area (Å²) >= 11 is 5.63. The number of methoxy groups -OCH3 is 1. The van der Waals surface area contributed by atoms with E-state index in [1.54, 1.807) is 7.11 Å². The van der Waals surface area contributed by atoms with E-state index in [0.717, 1.165) is 25.3 Å². The molecule has 0 heterocycles. The Balaban J connectivity index is 2.98. The van der Waals surface area contributed by atoms with Gasteiger partial charge in [-0.2, -0.15) is 0 Å². The van der Waals surface area contributed by atoms with Gasteiger partial charge in [0.05, 0.1) is 26.4 Å². The Bertz CT molecular complexity index is 122. The molecule has 0 aromatic carbocycles. The summed E-state index contributed by atoms with van der Waals surface area (Å²) in [5, 5.41) is 0. The van der Waals surface area contributed by atoms with Crippen LogP contribution in [0.2, 0.25) is 0 Å². The maximum Gasteiger partial charge on any atom is 0.0701 e. The van der Waals surface area contributed by atoms with E-state index in [4.69, 9.17) is 25.8 Å². The van der Waals surface area contributed by atoms with E-state index in [9.17, 15) is 0 Å². The van der Waals surface area contributed by atoms with Crippen LogP contribution in [-0.4, -0.2) is 46.0 Å². The van der Waals surface area contributed by atoms with Gasteiger partial charge >= 0.3 is 0 Å². The molecule has 0 rings (SSSR count). The van der Waals surface area contributed by atoms with Gasteiger partial charge in [-0.1, -0.05) is 6.92 Å². The van der Waals surface area contributed by atoms with E-state index < -0.39 is 0 Å². The van der Waals surface area contributed by atoms with Gasteiger partial charge in [0, 0.05) is 19.6 Å². The molecule has 0 aliphatic heterocycles. The summed E-state index contributed by atoms with van der Waals surface area (Å²) in [6, 6.07) is 0. The molecule has 0 aromatic rings. The highest BCUT2D eigenvalue weighted by molar-refractivity contribution is 6.17. The van der Waals surface area contributed by atoms with E-state index in [1.165, 1.54) is 0 Å². The van der Waals surface area contributed by atoms with Crippen LogP contribution >= 0.6 is 11.6 Å². The van der Waals surface area contributed by atoms with Crippen molar-refractivity contribution in [3.8, 4) is 0 Å². The van der Waals surface area contributed by atoms with Gasteiger partial charge in [-0.25, -0.2) is 0 Å². The van der Waals surface area contributed by atoms with E-state index >= 15 is 0 Å². The molecule has 0 saturated carbocycles. The van der Waals surface area contributed by atoms with Crippen molar-refractivity contribution in [2.45, 2.75) is 19.8 Å². The number of halogens is 1. The second kappa shape index (κ2) is 12.2. The quantitative estimate of drug-likeness (QED) is 0.409. The average Bonchev–Trinajstić information content (AvgIpc) is 2.22. The highest BCUT2D eigenvalue weighted by Gasteiger charge is 2.00. The number of alkyl halides is 1. The van der Waals surface area contributed by atoms with Crippen LogP contribution in [0, 0.1) is 5.92 Å². The van der Waals surface area contributed by atoms with Crippen LogP contribution < -0.4 is 0 Å². The monoisotopic (exact) mass is 238 g/mol. The lowest BCUT2D eigenvalue weighted by Crippen LogP contribution is -2.10. The zero-order valence-electron chi connectivity index (χ0n) is 9.84. The molecule has 0 saturated heterocycles. The molecule has 1 unspecified atom stereocenters. The van der Waals surface area contributed by atoms with Gasteiger partial charge in [-0.3, -0.25) is 0 Å². The largest absolute Gasteiger partial charge is 0.382 e. The van der Waals surface area contributed by atoms with Crippen molar-refractivity contribution in [1.82, 2.24) is 0 Å². The van der Waals surface area contributed by atoms with Crippen molar-refractivity contribution in [3.63, 3.8) is 0 Å². The van der Waals surface area contributed by atoms with Crippen LogP contribution in [0.4, 0.5) is 0 Å². The molecule has 0 aliphatic rings. The summed E-state index contributed by atoms with van der Waals surface area (Å²) < 4.78 is 15.5. The molecule has 1 atom stereocenters. The lowest BCUT2D eigenvalue weighted by atomic mass is 10.1. The summed E-state index contributed by atoms with van der Waals surface area (Å²) in [4.78, 5) is 0. The molecule has 4 heteroatoms. The zero-order chi connectivity index (χ0) is 11.4. The number of hydrogen-bond acceptors (Lipinski definition) is 3. The van der Waals surface area contributed by atoms with E-state index in [2.05, 4.69) is 6.92 Å².